The van der Waals surface area contributed by atoms with Crippen LogP contribution < -0.4 is 4.90 Å². The Kier molecular flexibility index (Phi) is 4.95. The van der Waals surface area contributed by atoms with Crippen molar-refractivity contribution in [3.63, 3.8) is 0 Å². The minimum absolute atomic E-state index is 0.613. The zero-order chi connectivity index (χ0) is 13.0. The number of hydrogen-bond acceptors (Lipinski definition) is 4. The summed E-state index contributed by atoms with van der Waals surface area (Å²) in [6.45, 7) is 4.85. The molecule has 100 valence electrons. The second-order valence-corrected chi connectivity index (χ2v) is 5.59. The SMILES string of the molecule is CCc1nc(Br)cc(N(C)CC2CCCOC2)n1. The smallest absolute Gasteiger partial charge is 0.133 e. The molecule has 0 amide bonds. The molecule has 2 heterocycles. The third-order valence-electron chi connectivity index (χ3n) is 3.22. The lowest BCUT2D eigenvalue weighted by Crippen LogP contribution is -2.31. The Balaban J connectivity index is 2.02. The Morgan fingerprint density at radius 2 is 2.33 bits per heavy atom. The van der Waals surface area contributed by atoms with Gasteiger partial charge in [0.1, 0.15) is 16.2 Å². The molecule has 1 aromatic rings. The lowest BCUT2D eigenvalue weighted by atomic mass is 10.0. The number of halogens is 1. The van der Waals surface area contributed by atoms with E-state index in [0.29, 0.717) is 5.92 Å². The van der Waals surface area contributed by atoms with E-state index < -0.39 is 0 Å². The van der Waals surface area contributed by atoms with E-state index in [2.05, 4.69) is 44.8 Å². The molecule has 0 bridgehead atoms. The first kappa shape index (κ1) is 13.7. The van der Waals surface area contributed by atoms with E-state index in [4.69, 9.17) is 4.74 Å². The zero-order valence-corrected chi connectivity index (χ0v) is 12.6. The maximum absolute atomic E-state index is 5.52. The standard InChI is InChI=1S/C13H20BrN3O/c1-3-12-15-11(14)7-13(16-12)17(2)8-10-5-4-6-18-9-10/h7,10H,3-6,8-9H2,1-2H3. The average molecular weight is 314 g/mol. The number of anilines is 1. The maximum atomic E-state index is 5.52. The zero-order valence-electron chi connectivity index (χ0n) is 11.0. The van der Waals surface area contributed by atoms with Gasteiger partial charge in [-0.15, -0.1) is 0 Å². The monoisotopic (exact) mass is 313 g/mol. The number of rotatable bonds is 4. The molecule has 1 saturated heterocycles. The largest absolute Gasteiger partial charge is 0.381 e. The molecule has 1 aliphatic rings. The Labute approximate surface area is 117 Å². The van der Waals surface area contributed by atoms with Gasteiger partial charge in [0.2, 0.25) is 0 Å². The van der Waals surface area contributed by atoms with Crippen LogP contribution in [0.25, 0.3) is 0 Å². The van der Waals surface area contributed by atoms with E-state index in [1.165, 1.54) is 12.8 Å². The summed E-state index contributed by atoms with van der Waals surface area (Å²) < 4.78 is 6.38. The van der Waals surface area contributed by atoms with Crippen LogP contribution in [0.1, 0.15) is 25.6 Å². The highest BCUT2D eigenvalue weighted by atomic mass is 79.9. The minimum atomic E-state index is 0.613. The summed E-state index contributed by atoms with van der Waals surface area (Å²) >= 11 is 3.44. The molecular formula is C13H20BrN3O. The number of aryl methyl sites for hydroxylation is 1. The van der Waals surface area contributed by atoms with Crippen LogP contribution in [-0.2, 0) is 11.2 Å². The van der Waals surface area contributed by atoms with Crippen molar-refractivity contribution in [2.75, 3.05) is 31.7 Å². The van der Waals surface area contributed by atoms with Gasteiger partial charge in [-0.05, 0) is 34.7 Å². The normalized spacial score (nSPS) is 19.8. The second kappa shape index (κ2) is 6.48. The maximum Gasteiger partial charge on any atom is 0.133 e. The van der Waals surface area contributed by atoms with E-state index in [1.807, 2.05) is 6.07 Å². The first-order valence-electron chi connectivity index (χ1n) is 6.51. The fraction of sp³-hybridized carbons (Fsp3) is 0.692. The Morgan fingerprint density at radius 3 is 3.00 bits per heavy atom. The number of hydrogen-bond donors (Lipinski definition) is 0. The molecule has 0 N–H and O–H groups in total. The van der Waals surface area contributed by atoms with Crippen LogP contribution in [0.5, 0.6) is 0 Å². The van der Waals surface area contributed by atoms with Crippen LogP contribution >= 0.6 is 15.9 Å². The highest BCUT2D eigenvalue weighted by molar-refractivity contribution is 9.10. The van der Waals surface area contributed by atoms with Crippen LogP contribution in [0.4, 0.5) is 5.82 Å². The Morgan fingerprint density at radius 1 is 1.50 bits per heavy atom. The fourth-order valence-corrected chi connectivity index (χ4v) is 2.65. The van der Waals surface area contributed by atoms with Crippen molar-refractivity contribution < 1.29 is 4.74 Å². The lowest BCUT2D eigenvalue weighted by Gasteiger charge is -2.27. The summed E-state index contributed by atoms with van der Waals surface area (Å²) in [4.78, 5) is 11.1. The first-order chi connectivity index (χ1) is 8.69. The Bertz CT molecular complexity index is 394. The van der Waals surface area contributed by atoms with Crippen molar-refractivity contribution in [1.29, 1.82) is 0 Å². The van der Waals surface area contributed by atoms with Crippen molar-refractivity contribution in [3.05, 3.63) is 16.5 Å². The lowest BCUT2D eigenvalue weighted by molar-refractivity contribution is 0.0576. The fourth-order valence-electron chi connectivity index (χ4n) is 2.24. The summed E-state index contributed by atoms with van der Waals surface area (Å²) in [5, 5.41) is 0. The molecule has 0 saturated carbocycles. The van der Waals surface area contributed by atoms with E-state index in [1.54, 1.807) is 0 Å². The van der Waals surface area contributed by atoms with Crippen LogP contribution in [0, 0.1) is 5.92 Å². The van der Waals surface area contributed by atoms with Gasteiger partial charge in [-0.3, -0.25) is 0 Å². The van der Waals surface area contributed by atoms with Crippen molar-refractivity contribution in [2.45, 2.75) is 26.2 Å². The molecular weight excluding hydrogens is 294 g/mol. The van der Waals surface area contributed by atoms with Crippen LogP contribution in [0.2, 0.25) is 0 Å². The molecule has 18 heavy (non-hydrogen) atoms. The number of nitrogens with zero attached hydrogens (tertiary/aromatic N) is 3. The number of ether oxygens (including phenoxy) is 1. The summed E-state index contributed by atoms with van der Waals surface area (Å²) in [5.41, 5.74) is 0. The molecule has 1 atom stereocenters. The van der Waals surface area contributed by atoms with Crippen molar-refractivity contribution in [1.82, 2.24) is 9.97 Å². The highest BCUT2D eigenvalue weighted by Gasteiger charge is 2.17. The van der Waals surface area contributed by atoms with Gasteiger partial charge in [-0.25, -0.2) is 9.97 Å². The van der Waals surface area contributed by atoms with E-state index >= 15 is 0 Å². The van der Waals surface area contributed by atoms with Crippen LogP contribution in [0.15, 0.2) is 10.7 Å². The third kappa shape index (κ3) is 3.65. The molecule has 0 aromatic carbocycles. The molecule has 1 aliphatic heterocycles. The van der Waals surface area contributed by atoms with Gasteiger partial charge in [0.15, 0.2) is 0 Å². The van der Waals surface area contributed by atoms with Crippen molar-refractivity contribution >= 4 is 21.7 Å². The van der Waals surface area contributed by atoms with Gasteiger partial charge in [0.05, 0.1) is 6.61 Å². The third-order valence-corrected chi connectivity index (χ3v) is 3.63. The van der Waals surface area contributed by atoms with E-state index in [0.717, 1.165) is 42.4 Å². The highest BCUT2D eigenvalue weighted by Crippen LogP contribution is 2.20. The van der Waals surface area contributed by atoms with Gasteiger partial charge < -0.3 is 9.64 Å². The van der Waals surface area contributed by atoms with Gasteiger partial charge in [0, 0.05) is 32.7 Å². The quantitative estimate of drug-likeness (QED) is 0.801. The molecule has 4 nitrogen and oxygen atoms in total. The van der Waals surface area contributed by atoms with Gasteiger partial charge in [0.25, 0.3) is 0 Å². The molecule has 1 unspecified atom stereocenters. The molecule has 0 aliphatic carbocycles. The van der Waals surface area contributed by atoms with Crippen LogP contribution in [0.3, 0.4) is 0 Å². The molecule has 1 aromatic heterocycles. The summed E-state index contributed by atoms with van der Waals surface area (Å²) in [7, 11) is 2.09. The first-order valence-corrected chi connectivity index (χ1v) is 7.30. The molecule has 2 rings (SSSR count). The number of aromatic nitrogens is 2. The summed E-state index contributed by atoms with van der Waals surface area (Å²) in [6, 6.07) is 1.98. The van der Waals surface area contributed by atoms with Crippen molar-refractivity contribution in [3.8, 4) is 0 Å². The van der Waals surface area contributed by atoms with Gasteiger partial charge in [-0.1, -0.05) is 6.92 Å². The molecule has 5 heteroatoms. The predicted molar refractivity (Wildman–Crippen MR) is 75.9 cm³/mol. The summed E-state index contributed by atoms with van der Waals surface area (Å²) in [6.07, 6.45) is 3.27. The average Bonchev–Trinajstić information content (AvgIpc) is 2.39. The molecule has 0 radical (unpaired) electrons. The van der Waals surface area contributed by atoms with Crippen LogP contribution in [-0.4, -0.2) is 36.8 Å². The minimum Gasteiger partial charge on any atom is -0.381 e. The topological polar surface area (TPSA) is 38.2 Å². The molecule has 0 spiro atoms. The van der Waals surface area contributed by atoms with Gasteiger partial charge in [-0.2, -0.15) is 0 Å². The Hall–Kier alpha value is -0.680. The van der Waals surface area contributed by atoms with Crippen molar-refractivity contribution in [2.24, 2.45) is 5.92 Å². The molecule has 1 fully saturated rings. The van der Waals surface area contributed by atoms with E-state index in [9.17, 15) is 0 Å². The predicted octanol–water partition coefficient (Wildman–Crippen LogP) is 2.66. The second-order valence-electron chi connectivity index (χ2n) is 4.78. The van der Waals surface area contributed by atoms with Gasteiger partial charge >= 0.3 is 0 Å². The summed E-state index contributed by atoms with van der Waals surface area (Å²) in [5.74, 6) is 2.48. The van der Waals surface area contributed by atoms with E-state index in [-0.39, 0.29) is 0 Å².